The molecule has 0 saturated carbocycles. The van der Waals surface area contributed by atoms with Gasteiger partial charge in [0, 0.05) is 17.9 Å². The number of anilines is 1. The molecule has 0 radical (unpaired) electrons. The van der Waals surface area contributed by atoms with Crippen LogP contribution in [0.15, 0.2) is 60.2 Å². The van der Waals surface area contributed by atoms with Crippen LogP contribution in [0.25, 0.3) is 11.8 Å². The van der Waals surface area contributed by atoms with Crippen LogP contribution in [0.2, 0.25) is 0 Å². The first kappa shape index (κ1) is 24.6. The minimum absolute atomic E-state index is 0.122. The molecular weight excluding hydrogens is 454 g/mol. The minimum Gasteiger partial charge on any atom is -0.317 e. The summed E-state index contributed by atoms with van der Waals surface area (Å²) in [5.41, 5.74) is 7.26. The van der Waals surface area contributed by atoms with Crippen LogP contribution >= 0.6 is 12.2 Å². The van der Waals surface area contributed by atoms with Crippen molar-refractivity contribution in [2.45, 2.75) is 47.5 Å². The monoisotopic (exact) mass is 485 g/mol. The number of carbonyl (C=O) groups is 2. The molecule has 0 aliphatic carbocycles. The molecule has 5 nitrogen and oxygen atoms in total. The van der Waals surface area contributed by atoms with E-state index >= 15 is 0 Å². The van der Waals surface area contributed by atoms with Gasteiger partial charge in [-0.3, -0.25) is 19.4 Å². The second-order valence-electron chi connectivity index (χ2n) is 8.87. The van der Waals surface area contributed by atoms with Gasteiger partial charge in [0.05, 0.1) is 11.4 Å². The van der Waals surface area contributed by atoms with E-state index in [0.29, 0.717) is 12.2 Å². The normalized spacial score (nSPS) is 15.5. The maximum absolute atomic E-state index is 13.6. The van der Waals surface area contributed by atoms with Crippen LogP contribution in [0.5, 0.6) is 0 Å². The van der Waals surface area contributed by atoms with Crippen LogP contribution in [-0.4, -0.2) is 32.9 Å². The average molecular weight is 486 g/mol. The number of hydrogen-bond acceptors (Lipinski definition) is 3. The standard InChI is InChI=1S/C29H31N3O2S/c1-6-16-30-27(33)25(28(34)32(29(30)35)24-14-9-8-10-15-24)18-23-17-20(4)31(21(23)5)26-19(3)12-11-13-22(26)7-2/h8-15,17-18H,6-7,16H2,1-5H3/b25-18+. The Hall–Kier alpha value is -3.51. The molecule has 6 heteroatoms. The molecule has 1 fully saturated rings. The Labute approximate surface area is 212 Å². The Morgan fingerprint density at radius 1 is 0.914 bits per heavy atom. The van der Waals surface area contributed by atoms with Crippen molar-refractivity contribution in [1.82, 2.24) is 9.47 Å². The molecule has 1 aromatic heterocycles. The lowest BCUT2D eigenvalue weighted by atomic mass is 10.0. The highest BCUT2D eigenvalue weighted by Gasteiger charge is 2.40. The fourth-order valence-electron chi connectivity index (χ4n) is 4.76. The van der Waals surface area contributed by atoms with Crippen LogP contribution in [0, 0.1) is 20.8 Å². The van der Waals surface area contributed by atoms with Crippen molar-refractivity contribution in [3.05, 3.63) is 88.2 Å². The van der Waals surface area contributed by atoms with Gasteiger partial charge in [0.15, 0.2) is 5.11 Å². The van der Waals surface area contributed by atoms with Crippen LogP contribution in [-0.2, 0) is 16.0 Å². The number of hydrogen-bond donors (Lipinski definition) is 0. The molecule has 1 aliphatic heterocycles. The number of aromatic nitrogens is 1. The molecule has 35 heavy (non-hydrogen) atoms. The van der Waals surface area contributed by atoms with Gasteiger partial charge in [0.2, 0.25) is 0 Å². The summed E-state index contributed by atoms with van der Waals surface area (Å²) in [5.74, 6) is -0.738. The summed E-state index contributed by atoms with van der Waals surface area (Å²) in [6.45, 7) is 10.8. The highest BCUT2D eigenvalue weighted by atomic mass is 32.1. The summed E-state index contributed by atoms with van der Waals surface area (Å²) in [4.78, 5) is 30.1. The molecule has 0 bridgehead atoms. The van der Waals surface area contributed by atoms with Gasteiger partial charge in [-0.1, -0.05) is 50.2 Å². The van der Waals surface area contributed by atoms with E-state index in [0.717, 1.165) is 35.5 Å². The number of rotatable bonds is 6. The Morgan fingerprint density at radius 2 is 1.63 bits per heavy atom. The Kier molecular flexibility index (Phi) is 7.03. The second-order valence-corrected chi connectivity index (χ2v) is 9.24. The lowest BCUT2D eigenvalue weighted by Gasteiger charge is -2.36. The summed E-state index contributed by atoms with van der Waals surface area (Å²) < 4.78 is 2.22. The highest BCUT2D eigenvalue weighted by molar-refractivity contribution is 7.80. The third-order valence-corrected chi connectivity index (χ3v) is 6.89. The second kappa shape index (κ2) is 10.0. The van der Waals surface area contributed by atoms with Gasteiger partial charge in [-0.15, -0.1) is 0 Å². The number of nitrogens with zero attached hydrogens (tertiary/aromatic N) is 3. The van der Waals surface area contributed by atoms with Crippen molar-refractivity contribution in [1.29, 1.82) is 0 Å². The zero-order valence-corrected chi connectivity index (χ0v) is 21.8. The number of thiocarbonyl (C=S) groups is 1. The van der Waals surface area contributed by atoms with Crippen molar-refractivity contribution in [2.75, 3.05) is 11.4 Å². The van der Waals surface area contributed by atoms with E-state index in [4.69, 9.17) is 12.2 Å². The van der Waals surface area contributed by atoms with Crippen LogP contribution in [0.1, 0.15) is 48.3 Å². The number of carbonyl (C=O) groups excluding carboxylic acids is 2. The Bertz CT molecular complexity index is 1340. The van der Waals surface area contributed by atoms with E-state index < -0.39 is 5.91 Å². The molecule has 0 unspecified atom stereocenters. The first-order chi connectivity index (χ1) is 16.8. The third kappa shape index (κ3) is 4.34. The lowest BCUT2D eigenvalue weighted by molar-refractivity contribution is -0.127. The molecule has 4 rings (SSSR count). The zero-order chi connectivity index (χ0) is 25.3. The highest BCUT2D eigenvalue weighted by Crippen LogP contribution is 2.30. The molecule has 1 aliphatic rings. The molecule has 2 heterocycles. The predicted molar refractivity (Wildman–Crippen MR) is 146 cm³/mol. The Morgan fingerprint density at radius 3 is 2.29 bits per heavy atom. The van der Waals surface area contributed by atoms with Crippen molar-refractivity contribution >= 4 is 40.9 Å². The topological polar surface area (TPSA) is 45.6 Å². The predicted octanol–water partition coefficient (Wildman–Crippen LogP) is 5.92. The van der Waals surface area contributed by atoms with Gasteiger partial charge in [-0.2, -0.15) is 0 Å². The molecule has 1 saturated heterocycles. The van der Waals surface area contributed by atoms with Gasteiger partial charge in [0.25, 0.3) is 11.8 Å². The SMILES string of the molecule is CCCN1C(=O)/C(=C\c2cc(C)n(-c3c(C)cccc3CC)c2C)C(=O)N(c2ccccc2)C1=S. The molecule has 2 aromatic carbocycles. The molecule has 0 spiro atoms. The van der Waals surface area contributed by atoms with Crippen molar-refractivity contribution in [2.24, 2.45) is 0 Å². The average Bonchev–Trinajstić information content (AvgIpc) is 3.12. The fourth-order valence-corrected chi connectivity index (χ4v) is 5.12. The fraction of sp³-hybridized carbons (Fsp3) is 0.276. The third-order valence-electron chi connectivity index (χ3n) is 6.49. The lowest BCUT2D eigenvalue weighted by Crippen LogP contribution is -2.56. The van der Waals surface area contributed by atoms with E-state index in [1.165, 1.54) is 20.9 Å². The van der Waals surface area contributed by atoms with Crippen molar-refractivity contribution in [3.63, 3.8) is 0 Å². The summed E-state index contributed by atoms with van der Waals surface area (Å²) in [6, 6.07) is 17.6. The van der Waals surface area contributed by atoms with Gasteiger partial charge in [-0.25, -0.2) is 0 Å². The van der Waals surface area contributed by atoms with Gasteiger partial charge < -0.3 is 4.57 Å². The molecule has 0 N–H and O–H groups in total. The van der Waals surface area contributed by atoms with E-state index in [1.807, 2.05) is 50.2 Å². The number of para-hydroxylation sites is 2. The summed E-state index contributed by atoms with van der Waals surface area (Å²) in [6.07, 6.45) is 3.38. The van der Waals surface area contributed by atoms with E-state index in [9.17, 15) is 9.59 Å². The minimum atomic E-state index is -0.395. The molecular formula is C29H31N3O2S. The van der Waals surface area contributed by atoms with E-state index in [-0.39, 0.29) is 16.6 Å². The quantitative estimate of drug-likeness (QED) is 0.247. The van der Waals surface area contributed by atoms with Crippen LogP contribution < -0.4 is 4.90 Å². The van der Waals surface area contributed by atoms with E-state index in [1.54, 1.807) is 6.08 Å². The molecule has 2 amide bonds. The van der Waals surface area contributed by atoms with Crippen LogP contribution in [0.3, 0.4) is 0 Å². The van der Waals surface area contributed by atoms with Crippen molar-refractivity contribution in [3.8, 4) is 5.69 Å². The largest absolute Gasteiger partial charge is 0.317 e. The number of benzene rings is 2. The zero-order valence-electron chi connectivity index (χ0n) is 21.0. The van der Waals surface area contributed by atoms with E-state index in [2.05, 4.69) is 43.5 Å². The summed E-state index contributed by atoms with van der Waals surface area (Å²) >= 11 is 5.60. The number of aryl methyl sites for hydroxylation is 3. The summed E-state index contributed by atoms with van der Waals surface area (Å²) in [7, 11) is 0. The number of amides is 2. The van der Waals surface area contributed by atoms with Gasteiger partial charge >= 0.3 is 0 Å². The van der Waals surface area contributed by atoms with Gasteiger partial charge in [0.1, 0.15) is 5.57 Å². The van der Waals surface area contributed by atoms with Crippen LogP contribution in [0.4, 0.5) is 5.69 Å². The molecule has 3 aromatic rings. The Balaban J connectivity index is 1.86. The maximum atomic E-state index is 13.6. The maximum Gasteiger partial charge on any atom is 0.270 e. The molecule has 180 valence electrons. The smallest absolute Gasteiger partial charge is 0.270 e. The first-order valence-corrected chi connectivity index (χ1v) is 12.5. The van der Waals surface area contributed by atoms with Crippen molar-refractivity contribution < 1.29 is 9.59 Å². The summed E-state index contributed by atoms with van der Waals surface area (Å²) in [5, 5.41) is 0.225. The van der Waals surface area contributed by atoms with Gasteiger partial charge in [-0.05, 0) is 86.8 Å². The molecule has 0 atom stereocenters. The first-order valence-electron chi connectivity index (χ1n) is 12.0.